The van der Waals surface area contributed by atoms with Crippen LogP contribution in [0.1, 0.15) is 22.3 Å². The quantitative estimate of drug-likeness (QED) is 0.359. The van der Waals surface area contributed by atoms with Gasteiger partial charge in [0, 0.05) is 0 Å². The van der Waals surface area contributed by atoms with Crippen LogP contribution in [-0.2, 0) is 9.53 Å². The molecule has 0 atom stereocenters. The van der Waals surface area contributed by atoms with Gasteiger partial charge in [0.05, 0.1) is 0 Å². The van der Waals surface area contributed by atoms with Crippen molar-refractivity contribution < 1.29 is 9.53 Å². The Kier molecular flexibility index (Phi) is 5.08. The Balaban J connectivity index is 3.12. The van der Waals surface area contributed by atoms with Crippen LogP contribution in [0.5, 0.6) is 0 Å². The van der Waals surface area contributed by atoms with Crippen LogP contribution in [0.2, 0.25) is 0 Å². The molecule has 1 aromatic rings. The third-order valence-electron chi connectivity index (χ3n) is 2.85. The van der Waals surface area contributed by atoms with Gasteiger partial charge in [-0.25, -0.2) is 4.79 Å². The number of aryl methyl sites for hydroxylation is 3. The smallest absolute Gasteiger partial charge is 0.349 e. The predicted octanol–water partition coefficient (Wildman–Crippen LogP) is 3.25. The topological polar surface area (TPSA) is 50.1 Å². The van der Waals surface area contributed by atoms with E-state index in [0.717, 1.165) is 16.7 Å². The SMILES string of the molecule is C=CCOC(=O)/C(C#N)=C\c1cc(C)c(C)cc1C. The maximum atomic E-state index is 11.6. The molecule has 0 N–H and O–H groups in total. The molecular weight excluding hydrogens is 238 g/mol. The molecule has 0 unspecified atom stereocenters. The van der Waals surface area contributed by atoms with Gasteiger partial charge in [-0.15, -0.1) is 0 Å². The summed E-state index contributed by atoms with van der Waals surface area (Å²) in [5.41, 5.74) is 4.17. The second-order valence-electron chi connectivity index (χ2n) is 4.35. The van der Waals surface area contributed by atoms with Crippen molar-refractivity contribution in [2.24, 2.45) is 0 Å². The molecule has 0 aliphatic carbocycles. The predicted molar refractivity (Wildman–Crippen MR) is 75.4 cm³/mol. The number of carbonyl (C=O) groups is 1. The summed E-state index contributed by atoms with van der Waals surface area (Å²) < 4.78 is 4.86. The fourth-order valence-corrected chi connectivity index (χ4v) is 1.64. The number of carbonyl (C=O) groups excluding carboxylic acids is 1. The fraction of sp³-hybridized carbons (Fsp3) is 0.250. The van der Waals surface area contributed by atoms with Crippen molar-refractivity contribution in [3.8, 4) is 6.07 Å². The standard InChI is InChI=1S/C16H17NO2/c1-5-6-19-16(18)15(10-17)9-14-8-12(3)11(2)7-13(14)4/h5,7-9H,1,6H2,2-4H3/b15-9-. The molecule has 1 aromatic carbocycles. The van der Waals surface area contributed by atoms with E-state index in [1.165, 1.54) is 11.6 Å². The lowest BCUT2D eigenvalue weighted by Gasteiger charge is -2.07. The van der Waals surface area contributed by atoms with Crippen molar-refractivity contribution in [2.45, 2.75) is 20.8 Å². The van der Waals surface area contributed by atoms with Crippen molar-refractivity contribution in [1.82, 2.24) is 0 Å². The maximum absolute atomic E-state index is 11.6. The summed E-state index contributed by atoms with van der Waals surface area (Å²) in [6.07, 6.45) is 3.03. The highest BCUT2D eigenvalue weighted by Gasteiger charge is 2.11. The molecule has 0 saturated carbocycles. The average molecular weight is 255 g/mol. The minimum atomic E-state index is -0.625. The normalized spacial score (nSPS) is 10.7. The van der Waals surface area contributed by atoms with Crippen LogP contribution in [0.4, 0.5) is 0 Å². The summed E-state index contributed by atoms with van der Waals surface area (Å²) in [6, 6.07) is 5.87. The van der Waals surface area contributed by atoms with Crippen molar-refractivity contribution >= 4 is 12.0 Å². The van der Waals surface area contributed by atoms with E-state index in [2.05, 4.69) is 6.58 Å². The Bertz CT molecular complexity index is 577. The van der Waals surface area contributed by atoms with Crippen LogP contribution in [0, 0.1) is 32.1 Å². The van der Waals surface area contributed by atoms with E-state index in [0.29, 0.717) is 0 Å². The molecule has 0 aliphatic heterocycles. The van der Waals surface area contributed by atoms with Gasteiger partial charge in [0.15, 0.2) is 0 Å². The van der Waals surface area contributed by atoms with Crippen LogP contribution in [0.15, 0.2) is 30.4 Å². The minimum Gasteiger partial charge on any atom is -0.457 e. The molecule has 3 heteroatoms. The van der Waals surface area contributed by atoms with E-state index in [-0.39, 0.29) is 12.2 Å². The number of benzene rings is 1. The first-order valence-corrected chi connectivity index (χ1v) is 5.97. The summed E-state index contributed by atoms with van der Waals surface area (Å²) >= 11 is 0. The lowest BCUT2D eigenvalue weighted by atomic mass is 9.99. The summed E-state index contributed by atoms with van der Waals surface area (Å²) in [7, 11) is 0. The number of nitrogens with zero attached hydrogens (tertiary/aromatic N) is 1. The lowest BCUT2D eigenvalue weighted by Crippen LogP contribution is -2.06. The van der Waals surface area contributed by atoms with Gasteiger partial charge < -0.3 is 4.74 Å². The van der Waals surface area contributed by atoms with Gasteiger partial charge in [-0.1, -0.05) is 24.8 Å². The van der Waals surface area contributed by atoms with Gasteiger partial charge in [0.25, 0.3) is 0 Å². The molecule has 0 fully saturated rings. The first-order chi connectivity index (χ1) is 8.99. The molecule has 0 bridgehead atoms. The molecule has 0 amide bonds. The van der Waals surface area contributed by atoms with Gasteiger partial charge in [-0.2, -0.15) is 5.26 Å². The van der Waals surface area contributed by atoms with E-state index in [4.69, 9.17) is 10.00 Å². The first-order valence-electron chi connectivity index (χ1n) is 5.97. The Labute approximate surface area is 113 Å². The Morgan fingerprint density at radius 2 is 1.95 bits per heavy atom. The maximum Gasteiger partial charge on any atom is 0.349 e. The zero-order valence-corrected chi connectivity index (χ0v) is 11.5. The molecule has 0 spiro atoms. The highest BCUT2D eigenvalue weighted by Crippen LogP contribution is 2.18. The summed E-state index contributed by atoms with van der Waals surface area (Å²) in [4.78, 5) is 11.6. The number of hydrogen-bond acceptors (Lipinski definition) is 3. The third kappa shape index (κ3) is 3.82. The van der Waals surface area contributed by atoms with Crippen LogP contribution in [-0.4, -0.2) is 12.6 Å². The Morgan fingerprint density at radius 3 is 2.53 bits per heavy atom. The molecule has 0 aliphatic rings. The summed E-state index contributed by atoms with van der Waals surface area (Å²) in [5, 5.41) is 9.03. The molecule has 98 valence electrons. The molecule has 3 nitrogen and oxygen atoms in total. The van der Waals surface area contributed by atoms with E-state index < -0.39 is 5.97 Å². The number of rotatable bonds is 4. The van der Waals surface area contributed by atoms with E-state index >= 15 is 0 Å². The van der Waals surface area contributed by atoms with Crippen molar-refractivity contribution in [2.75, 3.05) is 6.61 Å². The molecule has 0 heterocycles. The third-order valence-corrected chi connectivity index (χ3v) is 2.85. The molecular formula is C16H17NO2. The zero-order valence-electron chi connectivity index (χ0n) is 11.5. The molecule has 0 aromatic heterocycles. The Morgan fingerprint density at radius 1 is 1.32 bits per heavy atom. The van der Waals surface area contributed by atoms with Gasteiger partial charge in [0.1, 0.15) is 18.2 Å². The molecule has 1 rings (SSSR count). The molecule has 0 saturated heterocycles. The van der Waals surface area contributed by atoms with Crippen LogP contribution < -0.4 is 0 Å². The Hall–Kier alpha value is -2.34. The van der Waals surface area contributed by atoms with Gasteiger partial charge in [-0.05, 0) is 49.1 Å². The number of esters is 1. The first kappa shape index (κ1) is 14.7. The van der Waals surface area contributed by atoms with E-state index in [9.17, 15) is 4.79 Å². The number of ether oxygens (including phenoxy) is 1. The van der Waals surface area contributed by atoms with Gasteiger partial charge in [0.2, 0.25) is 0 Å². The minimum absolute atomic E-state index is 0.00629. The van der Waals surface area contributed by atoms with Crippen molar-refractivity contribution in [3.63, 3.8) is 0 Å². The van der Waals surface area contributed by atoms with Crippen LogP contribution in [0.25, 0.3) is 6.08 Å². The summed E-state index contributed by atoms with van der Waals surface area (Å²) in [6.45, 7) is 9.53. The summed E-state index contributed by atoms with van der Waals surface area (Å²) in [5.74, 6) is -0.625. The fourth-order valence-electron chi connectivity index (χ4n) is 1.64. The van der Waals surface area contributed by atoms with E-state index in [1.54, 1.807) is 6.08 Å². The second kappa shape index (κ2) is 6.55. The van der Waals surface area contributed by atoms with Crippen LogP contribution in [0.3, 0.4) is 0 Å². The second-order valence-corrected chi connectivity index (χ2v) is 4.35. The van der Waals surface area contributed by atoms with Crippen molar-refractivity contribution in [3.05, 3.63) is 52.6 Å². The van der Waals surface area contributed by atoms with E-state index in [1.807, 2.05) is 39.0 Å². The van der Waals surface area contributed by atoms with Gasteiger partial charge >= 0.3 is 5.97 Å². The number of hydrogen-bond donors (Lipinski definition) is 0. The number of nitriles is 1. The highest BCUT2D eigenvalue weighted by atomic mass is 16.5. The van der Waals surface area contributed by atoms with Crippen molar-refractivity contribution in [1.29, 1.82) is 5.26 Å². The molecule has 19 heavy (non-hydrogen) atoms. The van der Waals surface area contributed by atoms with Crippen LogP contribution >= 0.6 is 0 Å². The molecule has 0 radical (unpaired) electrons. The van der Waals surface area contributed by atoms with Gasteiger partial charge in [-0.3, -0.25) is 0 Å². The monoisotopic (exact) mass is 255 g/mol. The zero-order chi connectivity index (χ0) is 14.4. The average Bonchev–Trinajstić information content (AvgIpc) is 2.38. The lowest BCUT2D eigenvalue weighted by molar-refractivity contribution is -0.137. The largest absolute Gasteiger partial charge is 0.457 e. The highest BCUT2D eigenvalue weighted by molar-refractivity contribution is 5.98.